The monoisotopic (exact) mass is 379 g/mol. The molecule has 2 aromatic rings. The van der Waals surface area contributed by atoms with Crippen LogP contribution in [0.3, 0.4) is 0 Å². The predicted molar refractivity (Wildman–Crippen MR) is 97.8 cm³/mol. The summed E-state index contributed by atoms with van der Waals surface area (Å²) in [6, 6.07) is 10.0. The summed E-state index contributed by atoms with van der Waals surface area (Å²) in [6.45, 7) is -0.175. The van der Waals surface area contributed by atoms with Gasteiger partial charge in [-0.2, -0.15) is 0 Å². The minimum absolute atomic E-state index is 0.205. The van der Waals surface area contributed by atoms with Crippen molar-refractivity contribution in [3.05, 3.63) is 48.3 Å². The van der Waals surface area contributed by atoms with Crippen LogP contribution in [0.5, 0.6) is 11.5 Å². The van der Waals surface area contributed by atoms with Gasteiger partial charge in [0.1, 0.15) is 18.0 Å². The Kier molecular flexibility index (Phi) is 6.40. The van der Waals surface area contributed by atoms with Crippen LogP contribution in [-0.4, -0.2) is 46.3 Å². The van der Waals surface area contributed by atoms with Gasteiger partial charge in [0, 0.05) is 12.3 Å². The number of sulfonamides is 1. The molecule has 0 atom stereocenters. The number of carbonyl (C=O) groups is 1. The first kappa shape index (κ1) is 19.5. The highest BCUT2D eigenvalue weighted by Gasteiger charge is 2.24. The van der Waals surface area contributed by atoms with Gasteiger partial charge in [-0.3, -0.25) is 14.1 Å². The zero-order valence-electron chi connectivity index (χ0n) is 14.8. The smallest absolute Gasteiger partial charge is 0.241 e. The average molecular weight is 379 g/mol. The number of pyridine rings is 1. The third kappa shape index (κ3) is 5.09. The quantitative estimate of drug-likeness (QED) is 0.740. The third-order valence-electron chi connectivity index (χ3n) is 3.54. The molecule has 0 fully saturated rings. The van der Waals surface area contributed by atoms with Gasteiger partial charge in [-0.15, -0.1) is 0 Å². The Bertz CT molecular complexity index is 856. The van der Waals surface area contributed by atoms with Crippen LogP contribution in [0.4, 0.5) is 5.69 Å². The lowest BCUT2D eigenvalue weighted by Gasteiger charge is -2.24. The number of hydrogen-bond donors (Lipinski definition) is 1. The lowest BCUT2D eigenvalue weighted by atomic mass is 10.2. The first-order valence-electron chi connectivity index (χ1n) is 7.71. The number of methoxy groups -OCH3 is 2. The van der Waals surface area contributed by atoms with Crippen LogP contribution >= 0.6 is 0 Å². The number of nitrogens with zero attached hydrogens (tertiary/aromatic N) is 2. The van der Waals surface area contributed by atoms with Crippen LogP contribution in [-0.2, 0) is 21.4 Å². The van der Waals surface area contributed by atoms with Crippen LogP contribution in [0, 0.1) is 0 Å². The Hall–Kier alpha value is -2.81. The van der Waals surface area contributed by atoms with Gasteiger partial charge in [-0.1, -0.05) is 6.07 Å². The molecule has 140 valence electrons. The number of ether oxygens (including phenoxy) is 2. The molecular formula is C17H21N3O5S. The molecule has 0 aliphatic carbocycles. The molecule has 1 amide bonds. The summed E-state index contributed by atoms with van der Waals surface area (Å²) in [5.41, 5.74) is 0.928. The van der Waals surface area contributed by atoms with E-state index in [-0.39, 0.29) is 24.5 Å². The molecule has 1 aromatic heterocycles. The molecule has 0 saturated heterocycles. The summed E-state index contributed by atoms with van der Waals surface area (Å²) in [5.74, 6) is 0.338. The number of anilines is 1. The molecule has 0 bridgehead atoms. The summed E-state index contributed by atoms with van der Waals surface area (Å²) >= 11 is 0. The van der Waals surface area contributed by atoms with Gasteiger partial charge >= 0.3 is 0 Å². The van der Waals surface area contributed by atoms with E-state index in [9.17, 15) is 13.2 Å². The van der Waals surface area contributed by atoms with Gasteiger partial charge in [0.15, 0.2) is 0 Å². The summed E-state index contributed by atoms with van der Waals surface area (Å²) < 4.78 is 35.8. The molecule has 8 nitrogen and oxygen atoms in total. The van der Waals surface area contributed by atoms with Crippen molar-refractivity contribution in [3.63, 3.8) is 0 Å². The fraction of sp³-hybridized carbons (Fsp3) is 0.294. The molecule has 0 radical (unpaired) electrons. The maximum atomic E-state index is 12.3. The fourth-order valence-electron chi connectivity index (χ4n) is 2.25. The molecule has 26 heavy (non-hydrogen) atoms. The maximum absolute atomic E-state index is 12.3. The van der Waals surface area contributed by atoms with Crippen molar-refractivity contribution in [3.8, 4) is 11.5 Å². The van der Waals surface area contributed by atoms with E-state index in [0.717, 1.165) is 10.6 Å². The number of amides is 1. The molecule has 9 heteroatoms. The van der Waals surface area contributed by atoms with E-state index in [1.54, 1.807) is 36.5 Å². The Labute approximate surface area is 152 Å². The Balaban J connectivity index is 2.19. The molecule has 0 spiro atoms. The molecule has 1 aromatic carbocycles. The van der Waals surface area contributed by atoms with E-state index in [4.69, 9.17) is 9.47 Å². The minimum Gasteiger partial charge on any atom is -0.497 e. The zero-order valence-corrected chi connectivity index (χ0v) is 15.6. The summed E-state index contributed by atoms with van der Waals surface area (Å²) in [7, 11) is -0.802. The number of benzene rings is 1. The first-order chi connectivity index (χ1) is 12.3. The summed E-state index contributed by atoms with van der Waals surface area (Å²) in [4.78, 5) is 16.4. The van der Waals surface area contributed by atoms with Gasteiger partial charge in [0.2, 0.25) is 15.9 Å². The average Bonchev–Trinajstić information content (AvgIpc) is 2.64. The van der Waals surface area contributed by atoms with Crippen LogP contribution in [0.2, 0.25) is 0 Å². The van der Waals surface area contributed by atoms with Crippen molar-refractivity contribution in [2.75, 3.05) is 31.3 Å². The van der Waals surface area contributed by atoms with E-state index in [2.05, 4.69) is 10.3 Å². The summed E-state index contributed by atoms with van der Waals surface area (Å²) in [5, 5.41) is 2.66. The van der Waals surface area contributed by atoms with E-state index < -0.39 is 15.9 Å². The molecule has 0 aliphatic heterocycles. The number of rotatable bonds is 8. The van der Waals surface area contributed by atoms with Crippen molar-refractivity contribution in [1.29, 1.82) is 0 Å². The van der Waals surface area contributed by atoms with Crippen LogP contribution in [0.25, 0.3) is 0 Å². The molecule has 0 unspecified atom stereocenters. The van der Waals surface area contributed by atoms with Gasteiger partial charge in [0.25, 0.3) is 0 Å². The van der Waals surface area contributed by atoms with Crippen LogP contribution in [0.15, 0.2) is 42.6 Å². The van der Waals surface area contributed by atoms with E-state index in [0.29, 0.717) is 11.4 Å². The Morgan fingerprint density at radius 1 is 1.19 bits per heavy atom. The molecule has 0 aliphatic rings. The number of hydrogen-bond acceptors (Lipinski definition) is 6. The topological polar surface area (TPSA) is 97.8 Å². The van der Waals surface area contributed by atoms with Gasteiger partial charge < -0.3 is 14.8 Å². The van der Waals surface area contributed by atoms with Gasteiger partial charge in [-0.05, 0) is 24.3 Å². The van der Waals surface area contributed by atoms with Crippen molar-refractivity contribution < 1.29 is 22.7 Å². The van der Waals surface area contributed by atoms with E-state index >= 15 is 0 Å². The SMILES string of the molecule is COc1ccc(N(CC(=O)NCc2ccccn2)S(C)(=O)=O)c(OC)c1. The molecule has 1 heterocycles. The molecule has 0 saturated carbocycles. The largest absolute Gasteiger partial charge is 0.497 e. The lowest BCUT2D eigenvalue weighted by molar-refractivity contribution is -0.119. The second-order valence-electron chi connectivity index (χ2n) is 5.41. The fourth-order valence-corrected chi connectivity index (χ4v) is 3.11. The van der Waals surface area contributed by atoms with Gasteiger partial charge in [-0.25, -0.2) is 8.42 Å². The van der Waals surface area contributed by atoms with E-state index in [1.165, 1.54) is 20.3 Å². The summed E-state index contributed by atoms with van der Waals surface area (Å²) in [6.07, 6.45) is 2.65. The number of aromatic nitrogens is 1. The second kappa shape index (κ2) is 8.52. The first-order valence-corrected chi connectivity index (χ1v) is 9.56. The predicted octanol–water partition coefficient (Wildman–Crippen LogP) is 1.18. The highest BCUT2D eigenvalue weighted by molar-refractivity contribution is 7.92. The minimum atomic E-state index is -3.71. The van der Waals surface area contributed by atoms with Crippen molar-refractivity contribution in [2.45, 2.75) is 6.54 Å². The lowest BCUT2D eigenvalue weighted by Crippen LogP contribution is -2.40. The van der Waals surface area contributed by atoms with Crippen LogP contribution in [0.1, 0.15) is 5.69 Å². The molecule has 1 N–H and O–H groups in total. The van der Waals surface area contributed by atoms with Crippen LogP contribution < -0.4 is 19.1 Å². The highest BCUT2D eigenvalue weighted by atomic mass is 32.2. The number of carbonyl (C=O) groups excluding carboxylic acids is 1. The highest BCUT2D eigenvalue weighted by Crippen LogP contribution is 2.33. The molecule has 2 rings (SSSR count). The Morgan fingerprint density at radius 2 is 1.96 bits per heavy atom. The normalized spacial score (nSPS) is 10.9. The Morgan fingerprint density at radius 3 is 2.54 bits per heavy atom. The van der Waals surface area contributed by atoms with Crippen molar-refractivity contribution in [1.82, 2.24) is 10.3 Å². The van der Waals surface area contributed by atoms with Gasteiger partial charge in [0.05, 0.1) is 38.4 Å². The van der Waals surface area contributed by atoms with Crippen molar-refractivity contribution in [2.24, 2.45) is 0 Å². The van der Waals surface area contributed by atoms with E-state index in [1.807, 2.05) is 0 Å². The zero-order chi connectivity index (χ0) is 19.2. The second-order valence-corrected chi connectivity index (χ2v) is 7.31. The third-order valence-corrected chi connectivity index (χ3v) is 4.66. The maximum Gasteiger partial charge on any atom is 0.241 e. The number of nitrogens with one attached hydrogen (secondary N) is 1. The standard InChI is InChI=1S/C17H21N3O5S/c1-24-14-7-8-15(16(10-14)25-2)20(26(3,22)23)12-17(21)19-11-13-6-4-5-9-18-13/h4-10H,11-12H2,1-3H3,(H,19,21). The molecular weight excluding hydrogens is 358 g/mol. The van der Waals surface area contributed by atoms with Crippen molar-refractivity contribution >= 4 is 21.6 Å².